The minimum absolute atomic E-state index is 0.00678. The Balaban J connectivity index is 1.93. The van der Waals surface area contributed by atoms with Gasteiger partial charge in [-0.1, -0.05) is 11.2 Å². The minimum Gasteiger partial charge on any atom is -0.485 e. The van der Waals surface area contributed by atoms with Gasteiger partial charge >= 0.3 is 0 Å². The number of amidine groups is 1. The summed E-state index contributed by atoms with van der Waals surface area (Å²) in [5.74, 6) is 2.59. The van der Waals surface area contributed by atoms with Crippen LogP contribution < -0.4 is 15.8 Å². The van der Waals surface area contributed by atoms with Crippen molar-refractivity contribution in [2.45, 2.75) is 6.42 Å². The Bertz CT molecular complexity index is 501. The average Bonchev–Trinajstić information content (AvgIpc) is 2.99. The summed E-state index contributed by atoms with van der Waals surface area (Å²) in [5.41, 5.74) is 6.01. The first-order chi connectivity index (χ1) is 9.69. The molecule has 1 saturated heterocycles. The van der Waals surface area contributed by atoms with Crippen LogP contribution >= 0.6 is 11.8 Å². The highest BCUT2D eigenvalue weighted by Gasteiger charge is 2.23. The fourth-order valence-corrected chi connectivity index (χ4v) is 3.06. The largest absolute Gasteiger partial charge is 0.485 e. The predicted octanol–water partition coefficient (Wildman–Crippen LogP) is 1.50. The van der Waals surface area contributed by atoms with Crippen LogP contribution in [0.1, 0.15) is 6.42 Å². The smallest absolute Gasteiger partial charge is 0.228 e. The van der Waals surface area contributed by atoms with Crippen molar-refractivity contribution in [1.29, 1.82) is 0 Å². The van der Waals surface area contributed by atoms with Crippen molar-refractivity contribution in [1.82, 2.24) is 0 Å². The number of nitrogens with two attached hydrogens (primary N) is 1. The molecule has 2 rings (SSSR count). The number of carbonyl (C=O) groups is 1. The summed E-state index contributed by atoms with van der Waals surface area (Å²) >= 11 is 1.80. The Kier molecular flexibility index (Phi) is 5.11. The molecular formula is C13H17N3O3S. The number of hydrogen-bond acceptors (Lipinski definition) is 5. The van der Waals surface area contributed by atoms with Crippen LogP contribution in [0.2, 0.25) is 0 Å². The van der Waals surface area contributed by atoms with Gasteiger partial charge < -0.3 is 21.0 Å². The first kappa shape index (κ1) is 14.5. The Morgan fingerprint density at radius 3 is 3.15 bits per heavy atom. The van der Waals surface area contributed by atoms with Crippen LogP contribution in [0, 0.1) is 5.92 Å². The van der Waals surface area contributed by atoms with E-state index in [9.17, 15) is 4.79 Å². The molecule has 0 bridgehead atoms. The number of nitrogens with one attached hydrogen (secondary N) is 1. The number of oxime groups is 1. The van der Waals surface area contributed by atoms with Crippen molar-refractivity contribution < 1.29 is 14.7 Å². The summed E-state index contributed by atoms with van der Waals surface area (Å²) in [6.07, 6.45) is 0.927. The standard InChI is InChI=1S/C13H17N3O3S/c14-12(16-18)7-19-11-3-1-2-10(6-11)15-13(17)9-4-5-20-8-9/h1-3,6,9,18H,4-5,7-8H2,(H2,14,16)(H,15,17). The lowest BCUT2D eigenvalue weighted by Crippen LogP contribution is -2.22. The number of nitrogens with zero attached hydrogens (tertiary/aromatic N) is 1. The third kappa shape index (κ3) is 4.06. The molecule has 1 fully saturated rings. The Morgan fingerprint density at radius 2 is 2.45 bits per heavy atom. The second kappa shape index (κ2) is 7.04. The van der Waals surface area contributed by atoms with Crippen LogP contribution in [0.4, 0.5) is 5.69 Å². The number of carbonyl (C=O) groups excluding carboxylic acids is 1. The summed E-state index contributed by atoms with van der Waals surface area (Å²) < 4.78 is 5.34. The molecule has 0 aliphatic carbocycles. The van der Waals surface area contributed by atoms with E-state index in [1.165, 1.54) is 0 Å². The van der Waals surface area contributed by atoms with Gasteiger partial charge in [0.05, 0.1) is 0 Å². The maximum Gasteiger partial charge on any atom is 0.228 e. The van der Waals surface area contributed by atoms with Crippen LogP contribution in [0.3, 0.4) is 0 Å². The van der Waals surface area contributed by atoms with E-state index in [0.29, 0.717) is 11.4 Å². The van der Waals surface area contributed by atoms with Crippen LogP contribution in [0.5, 0.6) is 5.75 Å². The monoisotopic (exact) mass is 295 g/mol. The van der Waals surface area contributed by atoms with Crippen LogP contribution in [-0.4, -0.2) is 35.1 Å². The first-order valence-electron chi connectivity index (χ1n) is 6.27. The molecule has 1 aliphatic rings. The van der Waals surface area contributed by atoms with Gasteiger partial charge in [-0.3, -0.25) is 4.79 Å². The zero-order chi connectivity index (χ0) is 14.4. The van der Waals surface area contributed by atoms with E-state index in [0.717, 1.165) is 17.9 Å². The molecule has 1 amide bonds. The molecule has 0 spiro atoms. The number of anilines is 1. The molecule has 1 aromatic rings. The van der Waals surface area contributed by atoms with Gasteiger partial charge in [0, 0.05) is 23.4 Å². The van der Waals surface area contributed by atoms with Crippen molar-refractivity contribution in [2.75, 3.05) is 23.4 Å². The Morgan fingerprint density at radius 1 is 1.60 bits per heavy atom. The summed E-state index contributed by atoms with van der Waals surface area (Å²) in [6, 6.07) is 7.04. The zero-order valence-corrected chi connectivity index (χ0v) is 11.7. The van der Waals surface area contributed by atoms with Gasteiger partial charge in [0.25, 0.3) is 0 Å². The van der Waals surface area contributed by atoms with Crippen molar-refractivity contribution in [2.24, 2.45) is 16.8 Å². The number of amides is 1. The molecule has 0 saturated carbocycles. The van der Waals surface area contributed by atoms with Crippen molar-refractivity contribution in [3.05, 3.63) is 24.3 Å². The zero-order valence-electron chi connectivity index (χ0n) is 10.9. The lowest BCUT2D eigenvalue weighted by molar-refractivity contribution is -0.119. The second-order valence-corrected chi connectivity index (χ2v) is 5.61. The highest BCUT2D eigenvalue weighted by atomic mass is 32.2. The lowest BCUT2D eigenvalue weighted by Gasteiger charge is -2.11. The molecule has 1 aromatic carbocycles. The quantitative estimate of drug-likeness (QED) is 0.331. The molecule has 1 unspecified atom stereocenters. The van der Waals surface area contributed by atoms with E-state index >= 15 is 0 Å². The number of ether oxygens (including phenoxy) is 1. The Hall–Kier alpha value is -1.89. The fraction of sp³-hybridized carbons (Fsp3) is 0.385. The van der Waals surface area contributed by atoms with E-state index in [1.54, 1.807) is 36.0 Å². The second-order valence-electron chi connectivity index (χ2n) is 4.46. The molecule has 0 aromatic heterocycles. The summed E-state index contributed by atoms with van der Waals surface area (Å²) in [7, 11) is 0. The van der Waals surface area contributed by atoms with Gasteiger partial charge in [-0.05, 0) is 24.3 Å². The van der Waals surface area contributed by atoms with Gasteiger partial charge in [-0.15, -0.1) is 0 Å². The van der Waals surface area contributed by atoms with Gasteiger partial charge in [-0.2, -0.15) is 11.8 Å². The third-order valence-corrected chi connectivity index (χ3v) is 4.08. The topological polar surface area (TPSA) is 96.9 Å². The molecule has 1 heterocycles. The van der Waals surface area contributed by atoms with Crippen LogP contribution in [0.15, 0.2) is 29.4 Å². The third-order valence-electron chi connectivity index (χ3n) is 2.92. The molecule has 6 nitrogen and oxygen atoms in total. The molecule has 0 radical (unpaired) electrons. The Labute approximate surface area is 121 Å². The summed E-state index contributed by atoms with van der Waals surface area (Å²) in [4.78, 5) is 12.0. The maximum absolute atomic E-state index is 12.0. The van der Waals surface area contributed by atoms with Crippen molar-refractivity contribution in [3.63, 3.8) is 0 Å². The molecule has 1 aliphatic heterocycles. The maximum atomic E-state index is 12.0. The van der Waals surface area contributed by atoms with Crippen LogP contribution in [0.25, 0.3) is 0 Å². The number of hydrogen-bond donors (Lipinski definition) is 3. The number of rotatable bonds is 5. The van der Waals surface area contributed by atoms with Crippen molar-refractivity contribution in [3.8, 4) is 5.75 Å². The summed E-state index contributed by atoms with van der Waals surface area (Å²) in [5, 5.41) is 14.1. The highest BCUT2D eigenvalue weighted by Crippen LogP contribution is 2.25. The van der Waals surface area contributed by atoms with E-state index in [2.05, 4.69) is 10.5 Å². The molecule has 1 atom stereocenters. The average molecular weight is 295 g/mol. The molecular weight excluding hydrogens is 278 g/mol. The fourth-order valence-electron chi connectivity index (χ4n) is 1.84. The number of thioether (sulfide) groups is 1. The lowest BCUT2D eigenvalue weighted by atomic mass is 10.1. The molecule has 20 heavy (non-hydrogen) atoms. The normalized spacial score (nSPS) is 18.8. The minimum atomic E-state index is -0.0116. The van der Waals surface area contributed by atoms with Gasteiger partial charge in [0.15, 0.2) is 5.84 Å². The van der Waals surface area contributed by atoms with E-state index in [4.69, 9.17) is 15.7 Å². The van der Waals surface area contributed by atoms with E-state index in [1.807, 2.05) is 0 Å². The van der Waals surface area contributed by atoms with Gasteiger partial charge in [0.1, 0.15) is 12.4 Å². The highest BCUT2D eigenvalue weighted by molar-refractivity contribution is 7.99. The predicted molar refractivity (Wildman–Crippen MR) is 79.4 cm³/mol. The molecule has 108 valence electrons. The van der Waals surface area contributed by atoms with Gasteiger partial charge in [-0.25, -0.2) is 0 Å². The van der Waals surface area contributed by atoms with E-state index < -0.39 is 0 Å². The van der Waals surface area contributed by atoms with Crippen molar-refractivity contribution >= 4 is 29.2 Å². The first-order valence-corrected chi connectivity index (χ1v) is 7.42. The van der Waals surface area contributed by atoms with Gasteiger partial charge in [0.2, 0.25) is 5.91 Å². The number of benzene rings is 1. The SMILES string of the molecule is NC(COc1cccc(NC(=O)C2CCSC2)c1)=NO. The van der Waals surface area contributed by atoms with E-state index in [-0.39, 0.29) is 24.3 Å². The summed E-state index contributed by atoms with van der Waals surface area (Å²) in [6.45, 7) is -0.00678. The molecule has 4 N–H and O–H groups in total. The van der Waals surface area contributed by atoms with Crippen LogP contribution in [-0.2, 0) is 4.79 Å². The molecule has 7 heteroatoms.